The van der Waals surface area contributed by atoms with E-state index in [-0.39, 0.29) is 44.5 Å². The van der Waals surface area contributed by atoms with Crippen LogP contribution in [0.25, 0.3) is 11.1 Å². The van der Waals surface area contributed by atoms with Crippen LogP contribution in [0.3, 0.4) is 0 Å². The van der Waals surface area contributed by atoms with Gasteiger partial charge in [-0.15, -0.1) is 0 Å². The number of fused-ring (bicyclic) bond motifs is 3. The molecule has 2 aromatic carbocycles. The first-order valence-corrected chi connectivity index (χ1v) is 11.3. The summed E-state index contributed by atoms with van der Waals surface area (Å²) in [6.07, 6.45) is -1.65. The Hall–Kier alpha value is -4.11. The number of hydrogen-bond acceptors (Lipinski definition) is 6. The summed E-state index contributed by atoms with van der Waals surface area (Å²) < 4.78 is 16.2. The highest BCUT2D eigenvalue weighted by atomic mass is 16.5. The number of hydrogen-bond donors (Lipinski definition) is 2. The molecule has 0 spiro atoms. The first-order chi connectivity index (χ1) is 17.0. The molecule has 2 amide bonds. The largest absolute Gasteiger partial charge is 0.479 e. The molecule has 1 aliphatic carbocycles. The summed E-state index contributed by atoms with van der Waals surface area (Å²) in [7, 11) is 0. The number of amides is 2. The second-order valence-corrected chi connectivity index (χ2v) is 8.39. The molecule has 2 aliphatic rings. The summed E-state index contributed by atoms with van der Waals surface area (Å²) in [5.74, 6) is -1.13. The highest BCUT2D eigenvalue weighted by Gasteiger charge is 2.31. The average Bonchev–Trinajstić information content (AvgIpc) is 3.49. The zero-order valence-electron chi connectivity index (χ0n) is 18.8. The van der Waals surface area contributed by atoms with Crippen molar-refractivity contribution in [3.8, 4) is 11.1 Å². The van der Waals surface area contributed by atoms with Gasteiger partial charge in [0.15, 0.2) is 11.9 Å². The molecule has 5 rings (SSSR count). The number of nitrogens with one attached hydrogen (secondary N) is 1. The van der Waals surface area contributed by atoms with Crippen molar-refractivity contribution in [2.24, 2.45) is 0 Å². The maximum atomic E-state index is 12.6. The number of carboxylic acid groups (broad SMARTS) is 1. The molecular formula is C26H24N2O7. The van der Waals surface area contributed by atoms with E-state index in [4.69, 9.17) is 19.0 Å². The van der Waals surface area contributed by atoms with E-state index >= 15 is 0 Å². The molecular weight excluding hydrogens is 452 g/mol. The molecule has 1 aliphatic heterocycles. The fourth-order valence-corrected chi connectivity index (χ4v) is 4.54. The molecule has 35 heavy (non-hydrogen) atoms. The summed E-state index contributed by atoms with van der Waals surface area (Å²) in [4.78, 5) is 37.5. The van der Waals surface area contributed by atoms with Crippen LogP contribution < -0.4 is 5.32 Å². The minimum Gasteiger partial charge on any atom is -0.479 e. The molecule has 1 unspecified atom stereocenters. The smallest absolute Gasteiger partial charge is 0.407 e. The van der Waals surface area contributed by atoms with Crippen molar-refractivity contribution in [3.05, 3.63) is 83.3 Å². The van der Waals surface area contributed by atoms with Crippen LogP contribution in [0.1, 0.15) is 33.4 Å². The van der Waals surface area contributed by atoms with Crippen molar-refractivity contribution in [2.75, 3.05) is 26.3 Å². The first kappa shape index (κ1) is 22.7. The minimum atomic E-state index is -1.12. The Morgan fingerprint density at radius 2 is 1.69 bits per heavy atom. The van der Waals surface area contributed by atoms with Crippen LogP contribution in [0.2, 0.25) is 0 Å². The summed E-state index contributed by atoms with van der Waals surface area (Å²) in [6, 6.07) is 19.3. The van der Waals surface area contributed by atoms with Crippen LogP contribution in [0.5, 0.6) is 0 Å². The maximum absolute atomic E-state index is 12.6. The number of rotatable bonds is 6. The Labute approximate surface area is 201 Å². The van der Waals surface area contributed by atoms with Gasteiger partial charge in [0, 0.05) is 12.5 Å². The highest BCUT2D eigenvalue weighted by molar-refractivity contribution is 5.92. The number of nitrogens with zero attached hydrogens (tertiary/aromatic N) is 1. The van der Waals surface area contributed by atoms with Crippen molar-refractivity contribution in [1.82, 2.24) is 10.2 Å². The Morgan fingerprint density at radius 1 is 1.00 bits per heavy atom. The third-order valence-electron chi connectivity index (χ3n) is 6.25. The zero-order chi connectivity index (χ0) is 24.4. The van der Waals surface area contributed by atoms with E-state index in [1.54, 1.807) is 6.07 Å². The molecule has 1 atom stereocenters. The molecule has 0 saturated carbocycles. The van der Waals surface area contributed by atoms with Gasteiger partial charge in [-0.05, 0) is 34.4 Å². The average molecular weight is 476 g/mol. The van der Waals surface area contributed by atoms with Crippen molar-refractivity contribution in [3.63, 3.8) is 0 Å². The molecule has 9 nitrogen and oxygen atoms in total. The van der Waals surface area contributed by atoms with E-state index in [9.17, 15) is 14.4 Å². The molecule has 3 aromatic rings. The van der Waals surface area contributed by atoms with E-state index in [1.165, 1.54) is 11.0 Å². The lowest BCUT2D eigenvalue weighted by Gasteiger charge is -2.30. The van der Waals surface area contributed by atoms with Crippen molar-refractivity contribution in [2.45, 2.75) is 18.6 Å². The Kier molecular flexibility index (Phi) is 6.24. The number of carbonyl (C=O) groups is 3. The quantitative estimate of drug-likeness (QED) is 0.561. The molecule has 180 valence electrons. The number of benzene rings is 2. The number of carbonyl (C=O) groups excluding carboxylic acids is 2. The second-order valence-electron chi connectivity index (χ2n) is 8.39. The molecule has 1 aromatic heterocycles. The molecule has 1 saturated heterocycles. The van der Waals surface area contributed by atoms with Crippen LogP contribution in [-0.2, 0) is 20.8 Å². The Balaban J connectivity index is 1.15. The topological polar surface area (TPSA) is 118 Å². The molecule has 2 N–H and O–H groups in total. The first-order valence-electron chi connectivity index (χ1n) is 11.3. The zero-order valence-corrected chi connectivity index (χ0v) is 18.8. The molecule has 1 fully saturated rings. The van der Waals surface area contributed by atoms with E-state index in [2.05, 4.69) is 29.6 Å². The summed E-state index contributed by atoms with van der Waals surface area (Å²) >= 11 is 0. The third kappa shape index (κ3) is 4.63. The summed E-state index contributed by atoms with van der Waals surface area (Å²) in [6.45, 7) is 0.604. The number of ether oxygens (including phenoxy) is 2. The van der Waals surface area contributed by atoms with Gasteiger partial charge >= 0.3 is 12.1 Å². The normalized spacial score (nSPS) is 16.9. The fourth-order valence-electron chi connectivity index (χ4n) is 4.54. The van der Waals surface area contributed by atoms with Crippen LogP contribution in [0, 0.1) is 0 Å². The third-order valence-corrected chi connectivity index (χ3v) is 6.25. The fraction of sp³-hybridized carbons (Fsp3) is 0.269. The monoisotopic (exact) mass is 476 g/mol. The molecule has 0 bridgehead atoms. The van der Waals surface area contributed by atoms with E-state index in [0.717, 1.165) is 22.3 Å². The van der Waals surface area contributed by atoms with Crippen molar-refractivity contribution < 1.29 is 33.4 Å². The minimum absolute atomic E-state index is 0.0378. The molecule has 0 radical (unpaired) electrons. The SMILES string of the molecule is O=C(NCc1ccc(C(=O)N2CCOC(C(=O)O)C2)o1)OCC1c2ccccc2-c2ccccc21. The summed E-state index contributed by atoms with van der Waals surface area (Å²) in [5, 5.41) is 11.8. The van der Waals surface area contributed by atoms with Crippen molar-refractivity contribution in [1.29, 1.82) is 0 Å². The van der Waals surface area contributed by atoms with E-state index in [1.807, 2.05) is 24.3 Å². The highest BCUT2D eigenvalue weighted by Crippen LogP contribution is 2.44. The number of aliphatic carboxylic acids is 1. The van der Waals surface area contributed by atoms with Gasteiger partial charge in [0.1, 0.15) is 12.4 Å². The number of carboxylic acids is 1. The predicted molar refractivity (Wildman–Crippen MR) is 124 cm³/mol. The van der Waals surface area contributed by atoms with Gasteiger partial charge < -0.3 is 29.2 Å². The van der Waals surface area contributed by atoms with Gasteiger partial charge in [-0.2, -0.15) is 0 Å². The van der Waals surface area contributed by atoms with Gasteiger partial charge in [0.05, 0.1) is 19.7 Å². The lowest BCUT2D eigenvalue weighted by atomic mass is 9.98. The van der Waals surface area contributed by atoms with E-state index < -0.39 is 24.1 Å². The lowest BCUT2D eigenvalue weighted by molar-refractivity contribution is -0.154. The van der Waals surface area contributed by atoms with E-state index in [0.29, 0.717) is 5.76 Å². The molecule has 2 heterocycles. The number of morpholine rings is 1. The second kappa shape index (κ2) is 9.63. The van der Waals surface area contributed by atoms with Crippen LogP contribution >= 0.6 is 0 Å². The van der Waals surface area contributed by atoms with Gasteiger partial charge in [-0.3, -0.25) is 4.79 Å². The van der Waals surface area contributed by atoms with Gasteiger partial charge in [-0.25, -0.2) is 9.59 Å². The molecule has 9 heteroatoms. The van der Waals surface area contributed by atoms with Gasteiger partial charge in [-0.1, -0.05) is 48.5 Å². The predicted octanol–water partition coefficient (Wildman–Crippen LogP) is 3.24. The van der Waals surface area contributed by atoms with Crippen LogP contribution in [0.15, 0.2) is 65.1 Å². The lowest BCUT2D eigenvalue weighted by Crippen LogP contribution is -2.48. The maximum Gasteiger partial charge on any atom is 0.407 e. The standard InChI is InChI=1S/C26H24N2O7/c29-24(28-11-12-33-23(14-28)25(30)31)22-10-9-16(35-22)13-27-26(32)34-15-21-19-7-3-1-5-17(19)18-6-2-4-8-20(18)21/h1-10,21,23H,11-15H2,(H,27,32)(H,30,31). The number of alkyl carbamates (subject to hydrolysis) is 1. The summed E-state index contributed by atoms with van der Waals surface area (Å²) in [5.41, 5.74) is 4.56. The van der Waals surface area contributed by atoms with Crippen molar-refractivity contribution >= 4 is 18.0 Å². The Morgan fingerprint density at radius 3 is 2.37 bits per heavy atom. The van der Waals surface area contributed by atoms with Gasteiger partial charge in [0.2, 0.25) is 0 Å². The Bertz CT molecular complexity index is 1220. The van der Waals surface area contributed by atoms with Gasteiger partial charge in [0.25, 0.3) is 5.91 Å². The van der Waals surface area contributed by atoms with Crippen LogP contribution in [-0.4, -0.2) is 60.4 Å². The van der Waals surface area contributed by atoms with Crippen LogP contribution in [0.4, 0.5) is 4.79 Å². The number of furan rings is 1.